The summed E-state index contributed by atoms with van der Waals surface area (Å²) in [7, 11) is 0. The molecule has 1 N–H and O–H groups in total. The molecule has 4 heteroatoms. The second kappa shape index (κ2) is 5.45. The summed E-state index contributed by atoms with van der Waals surface area (Å²) < 4.78 is 7.47. The molecule has 0 radical (unpaired) electrons. The molecule has 0 amide bonds. The van der Waals surface area contributed by atoms with E-state index in [1.807, 2.05) is 23.1 Å². The molecule has 2 heterocycles. The summed E-state index contributed by atoms with van der Waals surface area (Å²) in [5, 5.41) is 7.72. The number of ether oxygens (including phenoxy) is 1. The van der Waals surface area contributed by atoms with E-state index in [1.165, 1.54) is 11.1 Å². The fourth-order valence-electron chi connectivity index (χ4n) is 2.42. The molecule has 0 saturated carbocycles. The van der Waals surface area contributed by atoms with E-state index in [2.05, 4.69) is 35.5 Å². The van der Waals surface area contributed by atoms with Crippen LogP contribution in [0.5, 0.6) is 5.75 Å². The first-order valence-electron chi connectivity index (χ1n) is 6.79. The Hall–Kier alpha value is -1.81. The standard InChI is InChI=1S/C15H19N3O/c1-12(16-7-9-18-8-2-6-17-18)13-3-4-15-14(11-13)5-10-19-15/h2-4,6,8,11-12,16H,5,7,9-10H2,1H3. The Morgan fingerprint density at radius 1 is 1.47 bits per heavy atom. The Morgan fingerprint density at radius 2 is 2.42 bits per heavy atom. The van der Waals surface area contributed by atoms with Crippen molar-refractivity contribution in [2.24, 2.45) is 0 Å². The van der Waals surface area contributed by atoms with Crippen molar-refractivity contribution in [1.82, 2.24) is 15.1 Å². The molecule has 1 aliphatic heterocycles. The number of benzene rings is 1. The van der Waals surface area contributed by atoms with E-state index in [1.54, 1.807) is 0 Å². The Kier molecular flexibility index (Phi) is 3.51. The average Bonchev–Trinajstić information content (AvgIpc) is 3.08. The Bertz CT molecular complexity index is 536. The van der Waals surface area contributed by atoms with Gasteiger partial charge < -0.3 is 10.1 Å². The first kappa shape index (κ1) is 12.2. The fourth-order valence-corrected chi connectivity index (χ4v) is 2.42. The van der Waals surface area contributed by atoms with Crippen molar-refractivity contribution >= 4 is 0 Å². The summed E-state index contributed by atoms with van der Waals surface area (Å²) in [6.07, 6.45) is 4.83. The summed E-state index contributed by atoms with van der Waals surface area (Å²) in [6, 6.07) is 8.79. The lowest BCUT2D eigenvalue weighted by Crippen LogP contribution is -2.23. The number of nitrogens with one attached hydrogen (secondary N) is 1. The first-order chi connectivity index (χ1) is 9.33. The molecule has 1 aromatic heterocycles. The second-order valence-corrected chi connectivity index (χ2v) is 4.91. The van der Waals surface area contributed by atoms with Crippen molar-refractivity contribution in [1.29, 1.82) is 0 Å². The maximum atomic E-state index is 5.53. The van der Waals surface area contributed by atoms with Crippen LogP contribution in [0.2, 0.25) is 0 Å². The maximum absolute atomic E-state index is 5.53. The van der Waals surface area contributed by atoms with Crippen molar-refractivity contribution in [3.63, 3.8) is 0 Å². The molecule has 1 aromatic carbocycles. The highest BCUT2D eigenvalue weighted by Crippen LogP contribution is 2.27. The molecule has 0 saturated heterocycles. The highest BCUT2D eigenvalue weighted by molar-refractivity contribution is 5.40. The summed E-state index contributed by atoms with van der Waals surface area (Å²) in [6.45, 7) is 4.82. The van der Waals surface area contributed by atoms with E-state index in [4.69, 9.17) is 4.74 Å². The zero-order chi connectivity index (χ0) is 13.1. The molecule has 1 unspecified atom stereocenters. The minimum atomic E-state index is 0.349. The SMILES string of the molecule is CC(NCCn1cccn1)c1ccc2c(c1)CCO2. The summed E-state index contributed by atoms with van der Waals surface area (Å²) in [5.74, 6) is 1.05. The van der Waals surface area contributed by atoms with Crippen LogP contribution in [0.4, 0.5) is 0 Å². The Balaban J connectivity index is 1.56. The molecule has 1 atom stereocenters. The van der Waals surface area contributed by atoms with Crippen LogP contribution >= 0.6 is 0 Å². The van der Waals surface area contributed by atoms with Gasteiger partial charge in [-0.3, -0.25) is 4.68 Å². The lowest BCUT2D eigenvalue weighted by molar-refractivity contribution is 0.356. The molecule has 100 valence electrons. The zero-order valence-electron chi connectivity index (χ0n) is 11.2. The lowest BCUT2D eigenvalue weighted by Gasteiger charge is -2.15. The molecule has 0 fully saturated rings. The quantitative estimate of drug-likeness (QED) is 0.892. The molecule has 3 rings (SSSR count). The van der Waals surface area contributed by atoms with Crippen LogP contribution < -0.4 is 10.1 Å². The molecular weight excluding hydrogens is 238 g/mol. The number of rotatable bonds is 5. The molecule has 1 aliphatic rings. The van der Waals surface area contributed by atoms with Gasteiger partial charge in [-0.1, -0.05) is 12.1 Å². The first-order valence-corrected chi connectivity index (χ1v) is 6.79. The van der Waals surface area contributed by atoms with E-state index in [0.717, 1.165) is 31.9 Å². The number of hydrogen-bond donors (Lipinski definition) is 1. The molecule has 2 aromatic rings. The predicted octanol–water partition coefficient (Wildman–Crippen LogP) is 2.17. The van der Waals surface area contributed by atoms with Gasteiger partial charge in [0.2, 0.25) is 0 Å². The highest BCUT2D eigenvalue weighted by Gasteiger charge is 2.14. The van der Waals surface area contributed by atoms with Crippen LogP contribution in [0, 0.1) is 0 Å². The monoisotopic (exact) mass is 257 g/mol. The van der Waals surface area contributed by atoms with Crippen LogP contribution in [0.25, 0.3) is 0 Å². The topological polar surface area (TPSA) is 39.1 Å². The van der Waals surface area contributed by atoms with E-state index in [0.29, 0.717) is 6.04 Å². The van der Waals surface area contributed by atoms with Crippen LogP contribution in [0.3, 0.4) is 0 Å². The third-order valence-electron chi connectivity index (χ3n) is 3.56. The third-order valence-corrected chi connectivity index (χ3v) is 3.56. The fraction of sp³-hybridized carbons (Fsp3) is 0.400. The minimum absolute atomic E-state index is 0.349. The number of aromatic nitrogens is 2. The molecule has 4 nitrogen and oxygen atoms in total. The van der Waals surface area contributed by atoms with Crippen LogP contribution in [0.1, 0.15) is 24.1 Å². The van der Waals surface area contributed by atoms with Gasteiger partial charge in [0, 0.05) is 31.4 Å². The number of nitrogens with zero attached hydrogens (tertiary/aromatic N) is 2. The van der Waals surface area contributed by atoms with E-state index in [-0.39, 0.29) is 0 Å². The largest absolute Gasteiger partial charge is 0.493 e. The molecule has 0 aliphatic carbocycles. The van der Waals surface area contributed by atoms with Gasteiger partial charge in [-0.25, -0.2) is 0 Å². The molecule has 19 heavy (non-hydrogen) atoms. The van der Waals surface area contributed by atoms with E-state index >= 15 is 0 Å². The van der Waals surface area contributed by atoms with Gasteiger partial charge in [-0.05, 0) is 30.2 Å². The molecule has 0 spiro atoms. The van der Waals surface area contributed by atoms with Crippen LogP contribution in [0.15, 0.2) is 36.7 Å². The van der Waals surface area contributed by atoms with E-state index < -0.39 is 0 Å². The van der Waals surface area contributed by atoms with E-state index in [9.17, 15) is 0 Å². The zero-order valence-corrected chi connectivity index (χ0v) is 11.2. The van der Waals surface area contributed by atoms with Crippen molar-refractivity contribution in [3.8, 4) is 5.75 Å². The molecule has 0 bridgehead atoms. The van der Waals surface area contributed by atoms with Gasteiger partial charge in [0.25, 0.3) is 0 Å². The summed E-state index contributed by atoms with van der Waals surface area (Å²) in [5.41, 5.74) is 2.66. The van der Waals surface area contributed by atoms with Crippen LogP contribution in [-0.4, -0.2) is 22.9 Å². The van der Waals surface area contributed by atoms with Crippen molar-refractivity contribution < 1.29 is 4.74 Å². The van der Waals surface area contributed by atoms with Gasteiger partial charge in [0.1, 0.15) is 5.75 Å². The minimum Gasteiger partial charge on any atom is -0.493 e. The normalized spacial score (nSPS) is 15.0. The predicted molar refractivity (Wildman–Crippen MR) is 74.3 cm³/mol. The van der Waals surface area contributed by atoms with Crippen molar-refractivity contribution in [3.05, 3.63) is 47.8 Å². The van der Waals surface area contributed by atoms with Crippen LogP contribution in [-0.2, 0) is 13.0 Å². The molecular formula is C15H19N3O. The number of hydrogen-bond acceptors (Lipinski definition) is 3. The smallest absolute Gasteiger partial charge is 0.122 e. The highest BCUT2D eigenvalue weighted by atomic mass is 16.5. The van der Waals surface area contributed by atoms with Gasteiger partial charge in [0.05, 0.1) is 13.2 Å². The Labute approximate surface area is 113 Å². The summed E-state index contributed by atoms with van der Waals surface area (Å²) in [4.78, 5) is 0. The maximum Gasteiger partial charge on any atom is 0.122 e. The third kappa shape index (κ3) is 2.79. The average molecular weight is 257 g/mol. The van der Waals surface area contributed by atoms with Crippen molar-refractivity contribution in [2.75, 3.05) is 13.2 Å². The van der Waals surface area contributed by atoms with Gasteiger partial charge >= 0.3 is 0 Å². The lowest BCUT2D eigenvalue weighted by atomic mass is 10.0. The Morgan fingerprint density at radius 3 is 3.26 bits per heavy atom. The van der Waals surface area contributed by atoms with Crippen molar-refractivity contribution in [2.45, 2.75) is 25.9 Å². The second-order valence-electron chi connectivity index (χ2n) is 4.91. The van der Waals surface area contributed by atoms with Gasteiger partial charge in [-0.2, -0.15) is 5.10 Å². The van der Waals surface area contributed by atoms with Gasteiger partial charge in [0.15, 0.2) is 0 Å². The van der Waals surface area contributed by atoms with Gasteiger partial charge in [-0.15, -0.1) is 0 Å². The summed E-state index contributed by atoms with van der Waals surface area (Å²) >= 11 is 0. The number of fused-ring (bicyclic) bond motifs is 1.